The SMILES string of the molecule is CCNC(=NCCOCCS(C)(=O)=O)NC1CCN(C(=O)OCC)CC1.I. The third-order valence-electron chi connectivity index (χ3n) is 3.81. The van der Waals surface area contributed by atoms with Gasteiger partial charge in [0.05, 0.1) is 32.1 Å². The standard InChI is InChI=1S/C16H32N4O5S.HI/c1-4-17-15(18-8-11-24-12-13-26(3,22)23)19-14-6-9-20(10-7-14)16(21)25-5-2;/h14H,4-13H2,1-3H3,(H2,17,18,19);1H. The van der Waals surface area contributed by atoms with E-state index >= 15 is 0 Å². The molecular weight excluding hydrogens is 487 g/mol. The van der Waals surface area contributed by atoms with Crippen LogP contribution in [0.15, 0.2) is 4.99 Å². The molecule has 1 heterocycles. The molecule has 0 saturated carbocycles. The molecule has 0 bridgehead atoms. The van der Waals surface area contributed by atoms with Gasteiger partial charge in [-0.05, 0) is 26.7 Å². The van der Waals surface area contributed by atoms with E-state index < -0.39 is 9.84 Å². The maximum Gasteiger partial charge on any atom is 0.409 e. The number of hydrogen-bond donors (Lipinski definition) is 2. The van der Waals surface area contributed by atoms with Crippen molar-refractivity contribution in [1.29, 1.82) is 0 Å². The number of carbonyl (C=O) groups is 1. The van der Waals surface area contributed by atoms with Crippen molar-refractivity contribution in [3.05, 3.63) is 0 Å². The van der Waals surface area contributed by atoms with Gasteiger partial charge in [0.25, 0.3) is 0 Å². The molecule has 1 fully saturated rings. The highest BCUT2D eigenvalue weighted by molar-refractivity contribution is 14.0. The zero-order valence-corrected chi connectivity index (χ0v) is 19.5. The Kier molecular flexibility index (Phi) is 13.8. The number of piperidine rings is 1. The lowest BCUT2D eigenvalue weighted by atomic mass is 10.1. The van der Waals surface area contributed by atoms with Crippen LogP contribution < -0.4 is 10.6 Å². The lowest BCUT2D eigenvalue weighted by molar-refractivity contribution is 0.0963. The van der Waals surface area contributed by atoms with Crippen LogP contribution in [0.4, 0.5) is 4.79 Å². The van der Waals surface area contributed by atoms with Crippen molar-refractivity contribution < 1.29 is 22.7 Å². The summed E-state index contributed by atoms with van der Waals surface area (Å²) in [5, 5.41) is 6.55. The number of carbonyl (C=O) groups excluding carboxylic acids is 1. The lowest BCUT2D eigenvalue weighted by Gasteiger charge is -2.32. The molecule has 1 amide bonds. The average molecular weight is 520 g/mol. The highest BCUT2D eigenvalue weighted by atomic mass is 127. The van der Waals surface area contributed by atoms with Gasteiger partial charge in [-0.2, -0.15) is 0 Å². The van der Waals surface area contributed by atoms with Crippen molar-refractivity contribution >= 4 is 45.9 Å². The first-order valence-corrected chi connectivity index (χ1v) is 11.1. The summed E-state index contributed by atoms with van der Waals surface area (Å²) >= 11 is 0. The second-order valence-corrected chi connectivity index (χ2v) is 8.37. The van der Waals surface area contributed by atoms with E-state index in [2.05, 4.69) is 15.6 Å². The second kappa shape index (κ2) is 14.2. The number of aliphatic imine (C=N–C) groups is 1. The maximum absolute atomic E-state index is 11.7. The van der Waals surface area contributed by atoms with E-state index in [0.717, 1.165) is 19.4 Å². The Bertz CT molecular complexity index is 551. The molecule has 27 heavy (non-hydrogen) atoms. The van der Waals surface area contributed by atoms with Crippen molar-refractivity contribution in [2.75, 3.05) is 58.0 Å². The first kappa shape index (κ1) is 26.2. The van der Waals surface area contributed by atoms with Crippen LogP contribution in [-0.2, 0) is 19.3 Å². The van der Waals surface area contributed by atoms with Crippen LogP contribution in [0.1, 0.15) is 26.7 Å². The lowest BCUT2D eigenvalue weighted by Crippen LogP contribution is -2.50. The Balaban J connectivity index is 0.00000676. The van der Waals surface area contributed by atoms with Crippen LogP contribution in [0.5, 0.6) is 0 Å². The summed E-state index contributed by atoms with van der Waals surface area (Å²) in [5.41, 5.74) is 0. The zero-order valence-electron chi connectivity index (χ0n) is 16.4. The third-order valence-corrected chi connectivity index (χ3v) is 4.72. The largest absolute Gasteiger partial charge is 0.450 e. The normalized spacial score (nSPS) is 15.8. The van der Waals surface area contributed by atoms with Gasteiger partial charge in [-0.3, -0.25) is 4.99 Å². The number of ether oxygens (including phenoxy) is 2. The van der Waals surface area contributed by atoms with Gasteiger partial charge in [0.1, 0.15) is 9.84 Å². The van der Waals surface area contributed by atoms with Crippen LogP contribution in [0.2, 0.25) is 0 Å². The summed E-state index contributed by atoms with van der Waals surface area (Å²) in [5.74, 6) is 0.724. The fourth-order valence-corrected chi connectivity index (χ4v) is 2.89. The van der Waals surface area contributed by atoms with Gasteiger partial charge in [-0.25, -0.2) is 13.2 Å². The van der Waals surface area contributed by atoms with E-state index in [4.69, 9.17) is 9.47 Å². The number of guanidine groups is 1. The minimum atomic E-state index is -2.99. The van der Waals surface area contributed by atoms with E-state index in [-0.39, 0.29) is 48.5 Å². The van der Waals surface area contributed by atoms with Crippen molar-refractivity contribution in [2.24, 2.45) is 4.99 Å². The summed E-state index contributed by atoms with van der Waals surface area (Å²) in [7, 11) is -2.99. The number of nitrogens with zero attached hydrogens (tertiary/aromatic N) is 2. The van der Waals surface area contributed by atoms with Crippen molar-refractivity contribution in [2.45, 2.75) is 32.7 Å². The van der Waals surface area contributed by atoms with E-state index in [0.29, 0.717) is 38.8 Å². The Hall–Kier alpha value is -0.820. The summed E-state index contributed by atoms with van der Waals surface area (Å²) in [6.45, 7) is 7.23. The molecule has 0 aromatic carbocycles. The Labute approximate surface area is 179 Å². The fourth-order valence-electron chi connectivity index (χ4n) is 2.47. The van der Waals surface area contributed by atoms with Gasteiger partial charge in [0, 0.05) is 31.9 Å². The number of sulfone groups is 1. The van der Waals surface area contributed by atoms with E-state index in [9.17, 15) is 13.2 Å². The van der Waals surface area contributed by atoms with E-state index in [1.54, 1.807) is 11.8 Å². The summed E-state index contributed by atoms with van der Waals surface area (Å²) in [4.78, 5) is 17.9. The maximum atomic E-state index is 11.7. The van der Waals surface area contributed by atoms with Gasteiger partial charge in [0.15, 0.2) is 5.96 Å². The molecule has 0 aromatic heterocycles. The minimum absolute atomic E-state index is 0. The summed E-state index contributed by atoms with van der Waals surface area (Å²) < 4.78 is 32.4. The zero-order chi connectivity index (χ0) is 19.4. The van der Waals surface area contributed by atoms with E-state index in [1.807, 2.05) is 6.92 Å². The molecule has 1 aliphatic rings. The molecule has 0 unspecified atom stereocenters. The van der Waals surface area contributed by atoms with Gasteiger partial charge in [-0.15, -0.1) is 24.0 Å². The molecule has 0 radical (unpaired) electrons. The molecule has 1 aliphatic heterocycles. The van der Waals surface area contributed by atoms with Crippen LogP contribution in [0.25, 0.3) is 0 Å². The number of likely N-dealkylation sites (tertiary alicyclic amines) is 1. The Morgan fingerprint density at radius 2 is 1.89 bits per heavy atom. The third kappa shape index (κ3) is 12.3. The molecule has 160 valence electrons. The monoisotopic (exact) mass is 520 g/mol. The molecule has 0 aromatic rings. The number of amides is 1. The van der Waals surface area contributed by atoms with Gasteiger partial charge >= 0.3 is 6.09 Å². The van der Waals surface area contributed by atoms with Crippen molar-refractivity contribution in [1.82, 2.24) is 15.5 Å². The van der Waals surface area contributed by atoms with Crippen LogP contribution in [0, 0.1) is 0 Å². The molecule has 1 rings (SSSR count). The van der Waals surface area contributed by atoms with Crippen LogP contribution in [-0.4, -0.2) is 89.4 Å². The average Bonchev–Trinajstić information content (AvgIpc) is 2.58. The molecular formula is C16H33IN4O5S. The summed E-state index contributed by atoms with van der Waals surface area (Å²) in [6.07, 6.45) is 2.59. The number of nitrogens with one attached hydrogen (secondary N) is 2. The van der Waals surface area contributed by atoms with Gasteiger partial charge in [0.2, 0.25) is 0 Å². The fraction of sp³-hybridized carbons (Fsp3) is 0.875. The molecule has 9 nitrogen and oxygen atoms in total. The molecule has 1 saturated heterocycles. The Morgan fingerprint density at radius 3 is 2.44 bits per heavy atom. The van der Waals surface area contributed by atoms with Gasteiger partial charge in [-0.1, -0.05) is 0 Å². The van der Waals surface area contributed by atoms with Crippen LogP contribution in [0.3, 0.4) is 0 Å². The van der Waals surface area contributed by atoms with Crippen LogP contribution >= 0.6 is 24.0 Å². The number of hydrogen-bond acceptors (Lipinski definition) is 6. The molecule has 0 spiro atoms. The predicted octanol–water partition coefficient (Wildman–Crippen LogP) is 0.842. The molecule has 0 atom stereocenters. The summed E-state index contributed by atoms with van der Waals surface area (Å²) in [6, 6.07) is 0.240. The molecule has 2 N–H and O–H groups in total. The van der Waals surface area contributed by atoms with E-state index in [1.165, 1.54) is 6.26 Å². The quantitative estimate of drug-likeness (QED) is 0.201. The minimum Gasteiger partial charge on any atom is -0.450 e. The Morgan fingerprint density at radius 1 is 1.22 bits per heavy atom. The van der Waals surface area contributed by atoms with Crippen molar-refractivity contribution in [3.63, 3.8) is 0 Å². The van der Waals surface area contributed by atoms with Gasteiger partial charge < -0.3 is 25.0 Å². The molecule has 11 heteroatoms. The number of halogens is 1. The highest BCUT2D eigenvalue weighted by Gasteiger charge is 2.23. The van der Waals surface area contributed by atoms with Crippen molar-refractivity contribution in [3.8, 4) is 0 Å². The topological polar surface area (TPSA) is 109 Å². The predicted molar refractivity (Wildman–Crippen MR) is 117 cm³/mol. The first-order valence-electron chi connectivity index (χ1n) is 9.07. The second-order valence-electron chi connectivity index (χ2n) is 6.11. The number of rotatable bonds is 9. The molecule has 0 aliphatic carbocycles. The highest BCUT2D eigenvalue weighted by Crippen LogP contribution is 2.11. The smallest absolute Gasteiger partial charge is 0.409 e. The first-order chi connectivity index (χ1) is 12.4.